The number of fused-ring (bicyclic) bond motifs is 1. The van der Waals surface area contributed by atoms with Gasteiger partial charge in [-0.05, 0) is 48.9 Å². The first-order valence-corrected chi connectivity index (χ1v) is 8.32. The highest BCUT2D eigenvalue weighted by atomic mass is 19.1. The topological polar surface area (TPSA) is 46.4 Å². The first-order chi connectivity index (χ1) is 13.0. The molecule has 0 saturated carbocycles. The first kappa shape index (κ1) is 16.9. The number of nitrogens with one attached hydrogen (secondary N) is 1. The number of carbonyl (C=O) groups is 1. The lowest BCUT2D eigenvalue weighted by molar-refractivity contribution is 0.101. The molecule has 0 aliphatic rings. The van der Waals surface area contributed by atoms with Gasteiger partial charge in [-0.25, -0.2) is 13.8 Å². The molecule has 4 aromatic rings. The van der Waals surface area contributed by atoms with Crippen molar-refractivity contribution in [2.45, 2.75) is 6.92 Å². The van der Waals surface area contributed by atoms with Crippen molar-refractivity contribution in [3.05, 3.63) is 89.8 Å². The molecule has 0 saturated heterocycles. The number of pyridine rings is 1. The second kappa shape index (κ2) is 6.64. The molecule has 4 nitrogen and oxygen atoms in total. The molecular formula is C21H15F2N3O. The molecule has 1 N–H and O–H groups in total. The number of anilines is 1. The van der Waals surface area contributed by atoms with Gasteiger partial charge in [0.1, 0.15) is 22.8 Å². The van der Waals surface area contributed by atoms with E-state index in [2.05, 4.69) is 10.3 Å². The Kier molecular flexibility index (Phi) is 4.16. The predicted molar refractivity (Wildman–Crippen MR) is 99.7 cm³/mol. The van der Waals surface area contributed by atoms with Gasteiger partial charge in [0, 0.05) is 23.6 Å². The highest BCUT2D eigenvalue weighted by Crippen LogP contribution is 2.24. The van der Waals surface area contributed by atoms with Crippen molar-refractivity contribution in [2.75, 3.05) is 5.32 Å². The molecule has 0 fully saturated rings. The van der Waals surface area contributed by atoms with Crippen LogP contribution >= 0.6 is 0 Å². The molecule has 6 heteroatoms. The summed E-state index contributed by atoms with van der Waals surface area (Å²) in [5.41, 5.74) is 3.25. The molecule has 0 atom stereocenters. The normalized spacial score (nSPS) is 10.9. The summed E-state index contributed by atoms with van der Waals surface area (Å²) in [5.74, 6) is -2.65. The summed E-state index contributed by atoms with van der Waals surface area (Å²) in [6, 6.07) is 14.2. The van der Waals surface area contributed by atoms with Gasteiger partial charge in [0.15, 0.2) is 0 Å². The van der Waals surface area contributed by atoms with Crippen molar-refractivity contribution in [3.8, 4) is 11.3 Å². The second-order valence-corrected chi connectivity index (χ2v) is 6.23. The average molecular weight is 363 g/mol. The lowest BCUT2D eigenvalue weighted by atomic mass is 10.1. The zero-order valence-corrected chi connectivity index (χ0v) is 14.4. The van der Waals surface area contributed by atoms with E-state index in [0.29, 0.717) is 5.69 Å². The molecule has 4 rings (SSSR count). The molecular weight excluding hydrogens is 348 g/mol. The number of hydrogen-bond donors (Lipinski definition) is 1. The Hall–Kier alpha value is -3.54. The zero-order chi connectivity index (χ0) is 19.0. The third-order valence-electron chi connectivity index (χ3n) is 4.22. The van der Waals surface area contributed by atoms with Crippen molar-refractivity contribution < 1.29 is 13.6 Å². The Morgan fingerprint density at radius 1 is 1.04 bits per heavy atom. The summed E-state index contributed by atoms with van der Waals surface area (Å²) >= 11 is 0. The summed E-state index contributed by atoms with van der Waals surface area (Å²) in [4.78, 5) is 16.9. The predicted octanol–water partition coefficient (Wildman–Crippen LogP) is 4.84. The minimum atomic E-state index is -0.903. The Labute approximate surface area is 154 Å². The van der Waals surface area contributed by atoms with Gasteiger partial charge in [0.2, 0.25) is 0 Å². The van der Waals surface area contributed by atoms with E-state index in [9.17, 15) is 13.6 Å². The first-order valence-electron chi connectivity index (χ1n) is 8.32. The van der Waals surface area contributed by atoms with E-state index in [0.717, 1.165) is 34.6 Å². The number of benzene rings is 2. The quantitative estimate of drug-likeness (QED) is 0.566. The minimum absolute atomic E-state index is 0.424. The van der Waals surface area contributed by atoms with Crippen molar-refractivity contribution >= 4 is 17.2 Å². The molecule has 0 unspecified atom stereocenters. The number of carbonyl (C=O) groups excluding carboxylic acids is 1. The van der Waals surface area contributed by atoms with Gasteiger partial charge in [-0.2, -0.15) is 0 Å². The minimum Gasteiger partial charge on any atom is -0.322 e. The Balaban J connectivity index is 1.65. The number of aryl methyl sites for hydroxylation is 1. The summed E-state index contributed by atoms with van der Waals surface area (Å²) in [6.45, 7) is 1.99. The maximum atomic E-state index is 13.8. The maximum Gasteiger partial charge on any atom is 0.261 e. The van der Waals surface area contributed by atoms with E-state index in [1.807, 2.05) is 41.9 Å². The van der Waals surface area contributed by atoms with Crippen molar-refractivity contribution in [2.24, 2.45) is 0 Å². The number of imidazole rings is 1. The Bertz CT molecular complexity index is 1150. The third-order valence-corrected chi connectivity index (χ3v) is 4.22. The molecule has 0 bridgehead atoms. The second-order valence-electron chi connectivity index (χ2n) is 6.23. The van der Waals surface area contributed by atoms with Crippen LogP contribution < -0.4 is 5.32 Å². The fourth-order valence-corrected chi connectivity index (χ4v) is 2.89. The molecule has 1 amide bonds. The molecule has 0 aliphatic heterocycles. The fourth-order valence-electron chi connectivity index (χ4n) is 2.89. The molecule has 0 aliphatic carbocycles. The summed E-state index contributed by atoms with van der Waals surface area (Å²) in [6.07, 6.45) is 3.81. The average Bonchev–Trinajstić information content (AvgIpc) is 3.05. The lowest BCUT2D eigenvalue weighted by Crippen LogP contribution is -2.15. The van der Waals surface area contributed by atoms with Gasteiger partial charge in [0.05, 0.1) is 5.69 Å². The maximum absolute atomic E-state index is 13.8. The molecule has 0 spiro atoms. The molecule has 2 heterocycles. The number of nitrogens with zero attached hydrogens (tertiary/aromatic N) is 2. The van der Waals surface area contributed by atoms with Gasteiger partial charge in [-0.1, -0.05) is 18.2 Å². The van der Waals surface area contributed by atoms with Crippen molar-refractivity contribution in [1.29, 1.82) is 0 Å². The number of rotatable bonds is 3. The van der Waals surface area contributed by atoms with Crippen LogP contribution in [0.3, 0.4) is 0 Å². The van der Waals surface area contributed by atoms with E-state index in [-0.39, 0.29) is 0 Å². The standard InChI is InChI=1S/C21H15F2N3O/c1-13-8-9-26-12-18(25-19(26)10-13)14-4-2-5-15(11-14)24-21(27)20-16(22)6-3-7-17(20)23/h2-12H,1H3,(H,24,27). The van der Waals surface area contributed by atoms with Crippen LogP contribution in [-0.4, -0.2) is 15.3 Å². The lowest BCUT2D eigenvalue weighted by Gasteiger charge is -2.08. The highest BCUT2D eigenvalue weighted by Gasteiger charge is 2.17. The van der Waals surface area contributed by atoms with Crippen molar-refractivity contribution in [1.82, 2.24) is 9.38 Å². The molecule has 27 heavy (non-hydrogen) atoms. The van der Waals surface area contributed by atoms with Crippen LogP contribution in [0.1, 0.15) is 15.9 Å². The highest BCUT2D eigenvalue weighted by molar-refractivity contribution is 6.04. The fraction of sp³-hybridized carbons (Fsp3) is 0.0476. The van der Waals surface area contributed by atoms with E-state index < -0.39 is 23.1 Å². The Morgan fingerprint density at radius 3 is 2.56 bits per heavy atom. The Morgan fingerprint density at radius 2 is 1.78 bits per heavy atom. The zero-order valence-electron chi connectivity index (χ0n) is 14.4. The monoisotopic (exact) mass is 363 g/mol. The van der Waals surface area contributed by atoms with Gasteiger partial charge in [-0.15, -0.1) is 0 Å². The van der Waals surface area contributed by atoms with E-state index >= 15 is 0 Å². The van der Waals surface area contributed by atoms with E-state index in [1.165, 1.54) is 6.07 Å². The van der Waals surface area contributed by atoms with Crippen molar-refractivity contribution in [3.63, 3.8) is 0 Å². The molecule has 2 aromatic heterocycles. The van der Waals surface area contributed by atoms with Gasteiger partial charge >= 0.3 is 0 Å². The summed E-state index contributed by atoms with van der Waals surface area (Å²) in [5, 5.41) is 2.54. The van der Waals surface area contributed by atoms with E-state index in [4.69, 9.17) is 0 Å². The van der Waals surface area contributed by atoms with Gasteiger partial charge < -0.3 is 9.72 Å². The molecule has 0 radical (unpaired) electrons. The SMILES string of the molecule is Cc1ccn2cc(-c3cccc(NC(=O)c4c(F)cccc4F)c3)nc2c1. The summed E-state index contributed by atoms with van der Waals surface area (Å²) in [7, 11) is 0. The molecule has 2 aromatic carbocycles. The smallest absolute Gasteiger partial charge is 0.261 e. The van der Waals surface area contributed by atoms with Gasteiger partial charge in [0.25, 0.3) is 5.91 Å². The number of amides is 1. The van der Waals surface area contributed by atoms with Crippen LogP contribution in [0.4, 0.5) is 14.5 Å². The van der Waals surface area contributed by atoms with Crippen LogP contribution in [0.5, 0.6) is 0 Å². The van der Waals surface area contributed by atoms with Crippen LogP contribution in [0, 0.1) is 18.6 Å². The number of hydrogen-bond acceptors (Lipinski definition) is 2. The van der Waals surface area contributed by atoms with E-state index in [1.54, 1.807) is 18.2 Å². The van der Waals surface area contributed by atoms with Crippen LogP contribution in [0.15, 0.2) is 67.0 Å². The third kappa shape index (κ3) is 3.29. The van der Waals surface area contributed by atoms with Gasteiger partial charge in [-0.3, -0.25) is 4.79 Å². The van der Waals surface area contributed by atoms with Crippen LogP contribution in [0.25, 0.3) is 16.9 Å². The molecule has 134 valence electrons. The van der Waals surface area contributed by atoms with Crippen LogP contribution in [0.2, 0.25) is 0 Å². The largest absolute Gasteiger partial charge is 0.322 e. The number of halogens is 2. The summed E-state index contributed by atoms with van der Waals surface area (Å²) < 4.78 is 29.5. The number of aromatic nitrogens is 2. The van der Waals surface area contributed by atoms with Crippen LogP contribution in [-0.2, 0) is 0 Å².